The topological polar surface area (TPSA) is 34.1 Å². The van der Waals surface area contributed by atoms with Crippen LogP contribution in [0.1, 0.15) is 5.56 Å². The van der Waals surface area contributed by atoms with Gasteiger partial charge in [0, 0.05) is 15.7 Å². The predicted molar refractivity (Wildman–Crippen MR) is 49.8 cm³/mol. The van der Waals surface area contributed by atoms with Crippen molar-refractivity contribution in [2.24, 2.45) is 0 Å². The van der Waals surface area contributed by atoms with Crippen molar-refractivity contribution in [3.8, 4) is 0 Å². The molecule has 0 unspecified atom stereocenters. The average molecular weight is 261 g/mol. The summed E-state index contributed by atoms with van der Waals surface area (Å²) in [7, 11) is 1.10. The highest BCUT2D eigenvalue weighted by atomic mass is 35.7. The zero-order chi connectivity index (χ0) is 10.9. The van der Waals surface area contributed by atoms with Crippen LogP contribution in [0.2, 0.25) is 5.02 Å². The van der Waals surface area contributed by atoms with E-state index in [0.29, 0.717) is 12.1 Å². The fraction of sp³-hybridized carbons (Fsp3) is 0.143. The maximum Gasteiger partial charge on any atom is 0.236 e. The molecule has 1 aromatic carbocycles. The summed E-state index contributed by atoms with van der Waals surface area (Å²) in [4.78, 5) is 0. The van der Waals surface area contributed by atoms with Crippen LogP contribution in [-0.4, -0.2) is 8.42 Å². The highest BCUT2D eigenvalue weighted by Gasteiger charge is 2.14. The quantitative estimate of drug-likeness (QED) is 0.605. The Bertz CT molecular complexity index is 459. The van der Waals surface area contributed by atoms with Crippen LogP contribution in [0, 0.1) is 11.6 Å². The van der Waals surface area contributed by atoms with E-state index in [1.807, 2.05) is 0 Å². The Morgan fingerprint density at radius 2 is 1.71 bits per heavy atom. The van der Waals surface area contributed by atoms with E-state index < -0.39 is 26.4 Å². The third kappa shape index (κ3) is 3.08. The number of halogens is 4. The molecule has 0 atom stereocenters. The van der Waals surface area contributed by atoms with Gasteiger partial charge in [-0.1, -0.05) is 11.6 Å². The molecule has 0 heterocycles. The Labute approximate surface area is 88.9 Å². The van der Waals surface area contributed by atoms with E-state index in [1.54, 1.807) is 0 Å². The predicted octanol–water partition coefficient (Wildman–Crippen LogP) is 2.69. The zero-order valence-corrected chi connectivity index (χ0v) is 8.93. The molecule has 0 N–H and O–H groups in total. The lowest BCUT2D eigenvalue weighted by Gasteiger charge is -2.02. The number of rotatable bonds is 2. The molecule has 0 saturated heterocycles. The molecule has 0 amide bonds. The van der Waals surface area contributed by atoms with Gasteiger partial charge in [0.1, 0.15) is 0 Å². The minimum absolute atomic E-state index is 0.0689. The highest BCUT2D eigenvalue weighted by molar-refractivity contribution is 8.13. The first kappa shape index (κ1) is 11.7. The number of hydrogen-bond acceptors (Lipinski definition) is 2. The molecule has 78 valence electrons. The average Bonchev–Trinajstić information content (AvgIpc) is 1.97. The standard InChI is InChI=1S/C7H4Cl2F2O2S/c8-5-2-7(11)6(10)1-4(5)3-14(9,12)13/h1-2H,3H2. The van der Waals surface area contributed by atoms with Gasteiger partial charge in [0.2, 0.25) is 9.05 Å². The molecular weight excluding hydrogens is 257 g/mol. The molecule has 0 radical (unpaired) electrons. The van der Waals surface area contributed by atoms with Crippen molar-refractivity contribution in [1.82, 2.24) is 0 Å². The number of hydrogen-bond donors (Lipinski definition) is 0. The van der Waals surface area contributed by atoms with E-state index in [1.165, 1.54) is 0 Å². The van der Waals surface area contributed by atoms with Gasteiger partial charge in [-0.3, -0.25) is 0 Å². The molecule has 0 aliphatic rings. The first-order valence-corrected chi connectivity index (χ1v) is 6.21. The van der Waals surface area contributed by atoms with Crippen LogP contribution in [0.3, 0.4) is 0 Å². The minimum atomic E-state index is -3.83. The fourth-order valence-electron chi connectivity index (χ4n) is 0.860. The van der Waals surface area contributed by atoms with E-state index in [2.05, 4.69) is 0 Å². The largest absolute Gasteiger partial charge is 0.236 e. The van der Waals surface area contributed by atoms with Crippen LogP contribution in [0.5, 0.6) is 0 Å². The van der Waals surface area contributed by atoms with Crippen molar-refractivity contribution in [2.75, 3.05) is 0 Å². The molecule has 0 spiro atoms. The fourth-order valence-corrected chi connectivity index (χ4v) is 2.12. The summed E-state index contributed by atoms with van der Waals surface area (Å²) < 4.78 is 46.5. The second-order valence-electron chi connectivity index (χ2n) is 2.54. The second kappa shape index (κ2) is 4.00. The van der Waals surface area contributed by atoms with Crippen molar-refractivity contribution in [1.29, 1.82) is 0 Å². The summed E-state index contributed by atoms with van der Waals surface area (Å²) in [6.45, 7) is 0. The van der Waals surface area contributed by atoms with Gasteiger partial charge in [0.15, 0.2) is 11.6 Å². The molecule has 2 nitrogen and oxygen atoms in total. The zero-order valence-electron chi connectivity index (χ0n) is 6.60. The Morgan fingerprint density at radius 1 is 1.21 bits per heavy atom. The molecule has 1 rings (SSSR count). The SMILES string of the molecule is O=S(=O)(Cl)Cc1cc(F)c(F)cc1Cl. The Balaban J connectivity index is 3.17. The van der Waals surface area contributed by atoms with Gasteiger partial charge < -0.3 is 0 Å². The molecule has 0 aromatic heterocycles. The minimum Gasteiger partial charge on any atom is -0.212 e. The van der Waals surface area contributed by atoms with Gasteiger partial charge in [-0.05, 0) is 17.7 Å². The van der Waals surface area contributed by atoms with E-state index in [4.69, 9.17) is 22.3 Å². The van der Waals surface area contributed by atoms with Crippen molar-refractivity contribution in [3.63, 3.8) is 0 Å². The van der Waals surface area contributed by atoms with E-state index in [0.717, 1.165) is 0 Å². The lowest BCUT2D eigenvalue weighted by atomic mass is 10.2. The summed E-state index contributed by atoms with van der Waals surface area (Å²) in [5, 5.41) is -0.173. The van der Waals surface area contributed by atoms with E-state index in [9.17, 15) is 17.2 Å². The molecule has 0 aliphatic carbocycles. The summed E-state index contributed by atoms with van der Waals surface area (Å²) >= 11 is 5.48. The number of benzene rings is 1. The van der Waals surface area contributed by atoms with Gasteiger partial charge in [-0.25, -0.2) is 17.2 Å². The van der Waals surface area contributed by atoms with Crippen LogP contribution in [-0.2, 0) is 14.8 Å². The van der Waals surface area contributed by atoms with Crippen molar-refractivity contribution >= 4 is 31.3 Å². The van der Waals surface area contributed by atoms with E-state index in [-0.39, 0.29) is 10.6 Å². The maximum absolute atomic E-state index is 12.7. The maximum atomic E-state index is 12.7. The molecule has 0 saturated carbocycles. The van der Waals surface area contributed by atoms with Gasteiger partial charge in [0.05, 0.1) is 5.75 Å². The Morgan fingerprint density at radius 3 is 2.21 bits per heavy atom. The van der Waals surface area contributed by atoms with Crippen molar-refractivity contribution in [2.45, 2.75) is 5.75 Å². The van der Waals surface area contributed by atoms with Crippen LogP contribution in [0.15, 0.2) is 12.1 Å². The van der Waals surface area contributed by atoms with Gasteiger partial charge in [0.25, 0.3) is 0 Å². The van der Waals surface area contributed by atoms with Crippen molar-refractivity contribution in [3.05, 3.63) is 34.4 Å². The van der Waals surface area contributed by atoms with E-state index >= 15 is 0 Å². The smallest absolute Gasteiger partial charge is 0.212 e. The molecule has 14 heavy (non-hydrogen) atoms. The second-order valence-corrected chi connectivity index (χ2v) is 5.73. The molecule has 0 fully saturated rings. The lowest BCUT2D eigenvalue weighted by Crippen LogP contribution is -1.98. The first-order chi connectivity index (χ1) is 6.29. The summed E-state index contributed by atoms with van der Waals surface area (Å²) in [5.41, 5.74) is -0.0689. The summed E-state index contributed by atoms with van der Waals surface area (Å²) in [6.07, 6.45) is 0. The Kier molecular flexibility index (Phi) is 3.34. The Hall–Kier alpha value is -0.390. The van der Waals surface area contributed by atoms with Gasteiger partial charge in [-0.15, -0.1) is 0 Å². The van der Waals surface area contributed by atoms with Crippen molar-refractivity contribution < 1.29 is 17.2 Å². The molecular formula is C7H4Cl2F2O2S. The van der Waals surface area contributed by atoms with Crippen LogP contribution < -0.4 is 0 Å². The molecule has 0 aliphatic heterocycles. The van der Waals surface area contributed by atoms with Gasteiger partial charge in [-0.2, -0.15) is 0 Å². The molecule has 0 bridgehead atoms. The molecule has 1 aromatic rings. The van der Waals surface area contributed by atoms with Crippen LogP contribution in [0.25, 0.3) is 0 Å². The molecule has 7 heteroatoms. The highest BCUT2D eigenvalue weighted by Crippen LogP contribution is 2.22. The normalized spacial score (nSPS) is 11.7. The summed E-state index contributed by atoms with van der Waals surface area (Å²) in [5.74, 6) is -2.93. The van der Waals surface area contributed by atoms with Gasteiger partial charge >= 0.3 is 0 Å². The summed E-state index contributed by atoms with van der Waals surface area (Å²) in [6, 6.07) is 1.41. The monoisotopic (exact) mass is 260 g/mol. The third-order valence-corrected chi connectivity index (χ3v) is 2.75. The van der Waals surface area contributed by atoms with Crippen LogP contribution >= 0.6 is 22.3 Å². The third-order valence-electron chi connectivity index (χ3n) is 1.42. The first-order valence-electron chi connectivity index (χ1n) is 3.35. The van der Waals surface area contributed by atoms with Crippen LogP contribution in [0.4, 0.5) is 8.78 Å². The lowest BCUT2D eigenvalue weighted by molar-refractivity contribution is 0.507.